The zero-order valence-corrected chi connectivity index (χ0v) is 15.7. The summed E-state index contributed by atoms with van der Waals surface area (Å²) in [5.41, 5.74) is 0. The van der Waals surface area contributed by atoms with Gasteiger partial charge in [-0.05, 0) is 27.7 Å². The van der Waals surface area contributed by atoms with Crippen LogP contribution in [0.15, 0.2) is 0 Å². The van der Waals surface area contributed by atoms with Crippen molar-refractivity contribution in [2.24, 2.45) is 0 Å². The van der Waals surface area contributed by atoms with Gasteiger partial charge >= 0.3 is 23.9 Å². The van der Waals surface area contributed by atoms with Gasteiger partial charge in [-0.15, -0.1) is 0 Å². The Kier molecular flexibility index (Phi) is 11.9. The molecule has 11 heteroatoms. The van der Waals surface area contributed by atoms with Gasteiger partial charge in [0.2, 0.25) is 0 Å². The Hall–Kier alpha value is -2.24. The smallest absolute Gasteiger partial charge is 0.347 e. The van der Waals surface area contributed by atoms with Crippen LogP contribution in [0.3, 0.4) is 0 Å². The Balaban J connectivity index is 3.80. The molecule has 0 unspecified atom stereocenters. The molecular formula is C16H26O11. The van der Waals surface area contributed by atoms with Gasteiger partial charge in [-0.2, -0.15) is 0 Å². The second-order valence-corrected chi connectivity index (χ2v) is 5.46. The lowest BCUT2D eigenvalue weighted by Gasteiger charge is -2.14. The molecule has 0 aliphatic rings. The molecule has 0 bridgehead atoms. The molecule has 0 spiro atoms. The fourth-order valence-corrected chi connectivity index (χ4v) is 1.38. The first-order valence-electron chi connectivity index (χ1n) is 8.24. The fraction of sp³-hybridized carbons (Fsp3) is 0.750. The minimum atomic E-state index is -1.34. The third kappa shape index (κ3) is 11.2. The maximum atomic E-state index is 11.5. The standard InChI is InChI=1S/C16H26O11/c1-9(17)13(19)26-11(3)15(21)24-7-5-23-6-8-25-16(22)12(4)27-14(20)10(2)18/h9-12,17-18H,5-8H2,1-4H3/t9-,10-,11-,12-/m1/s1. The van der Waals surface area contributed by atoms with E-state index in [9.17, 15) is 19.2 Å². The van der Waals surface area contributed by atoms with Crippen LogP contribution in [0.2, 0.25) is 0 Å². The summed E-state index contributed by atoms with van der Waals surface area (Å²) in [5, 5.41) is 17.9. The van der Waals surface area contributed by atoms with Crippen LogP contribution in [0, 0.1) is 0 Å². The lowest BCUT2D eigenvalue weighted by molar-refractivity contribution is -0.173. The molecule has 0 radical (unpaired) electrons. The van der Waals surface area contributed by atoms with E-state index in [-0.39, 0.29) is 26.4 Å². The van der Waals surface area contributed by atoms with Gasteiger partial charge in [-0.1, -0.05) is 0 Å². The number of carbonyl (C=O) groups excluding carboxylic acids is 4. The number of carbonyl (C=O) groups is 4. The van der Waals surface area contributed by atoms with Crippen LogP contribution in [0.25, 0.3) is 0 Å². The van der Waals surface area contributed by atoms with Gasteiger partial charge < -0.3 is 33.9 Å². The predicted octanol–water partition coefficient (Wildman–Crippen LogP) is -1.29. The zero-order chi connectivity index (χ0) is 21.0. The van der Waals surface area contributed by atoms with Crippen molar-refractivity contribution in [1.29, 1.82) is 0 Å². The zero-order valence-electron chi connectivity index (χ0n) is 15.7. The molecule has 0 aliphatic carbocycles. The minimum absolute atomic E-state index is 0.00687. The van der Waals surface area contributed by atoms with E-state index in [4.69, 9.17) is 24.4 Å². The van der Waals surface area contributed by atoms with Crippen LogP contribution in [0.1, 0.15) is 27.7 Å². The Bertz CT molecular complexity index is 457. The van der Waals surface area contributed by atoms with Crippen molar-refractivity contribution in [1.82, 2.24) is 0 Å². The highest BCUT2D eigenvalue weighted by Gasteiger charge is 2.22. The van der Waals surface area contributed by atoms with E-state index < -0.39 is 48.3 Å². The third-order valence-electron chi connectivity index (χ3n) is 2.88. The summed E-state index contributed by atoms with van der Waals surface area (Å²) in [7, 11) is 0. The number of hydrogen-bond acceptors (Lipinski definition) is 11. The van der Waals surface area contributed by atoms with Crippen molar-refractivity contribution in [2.75, 3.05) is 26.4 Å². The van der Waals surface area contributed by atoms with Crippen LogP contribution >= 0.6 is 0 Å². The maximum absolute atomic E-state index is 11.5. The van der Waals surface area contributed by atoms with Gasteiger partial charge in [0.15, 0.2) is 12.2 Å². The van der Waals surface area contributed by atoms with Crippen LogP contribution in [-0.2, 0) is 42.9 Å². The van der Waals surface area contributed by atoms with Crippen LogP contribution in [0.5, 0.6) is 0 Å². The number of esters is 4. The van der Waals surface area contributed by atoms with Crippen LogP contribution in [0.4, 0.5) is 0 Å². The molecule has 156 valence electrons. The quantitative estimate of drug-likeness (QED) is 0.231. The molecule has 0 aromatic rings. The first-order chi connectivity index (χ1) is 12.6. The molecule has 0 aromatic heterocycles. The van der Waals surface area contributed by atoms with E-state index in [0.29, 0.717) is 0 Å². The molecule has 0 aromatic carbocycles. The average Bonchev–Trinajstić information content (AvgIpc) is 2.59. The highest BCUT2D eigenvalue weighted by atomic mass is 16.6. The highest BCUT2D eigenvalue weighted by Crippen LogP contribution is 2.00. The molecule has 27 heavy (non-hydrogen) atoms. The lowest BCUT2D eigenvalue weighted by Crippen LogP contribution is -2.31. The largest absolute Gasteiger partial charge is 0.461 e. The number of aliphatic hydroxyl groups is 2. The Labute approximate surface area is 156 Å². The first kappa shape index (κ1) is 24.8. The Morgan fingerprint density at radius 3 is 1.26 bits per heavy atom. The van der Waals surface area contributed by atoms with Crippen molar-refractivity contribution in [2.45, 2.75) is 52.1 Å². The van der Waals surface area contributed by atoms with Gasteiger partial charge in [-0.3, -0.25) is 0 Å². The highest BCUT2D eigenvalue weighted by molar-refractivity contribution is 5.81. The average molecular weight is 394 g/mol. The van der Waals surface area contributed by atoms with Gasteiger partial charge in [0.25, 0.3) is 0 Å². The van der Waals surface area contributed by atoms with E-state index in [1.165, 1.54) is 27.7 Å². The fourth-order valence-electron chi connectivity index (χ4n) is 1.38. The summed E-state index contributed by atoms with van der Waals surface area (Å²) in [4.78, 5) is 45.3. The summed E-state index contributed by atoms with van der Waals surface area (Å²) < 4.78 is 24.0. The van der Waals surface area contributed by atoms with E-state index in [2.05, 4.69) is 9.47 Å². The lowest BCUT2D eigenvalue weighted by atomic mass is 10.4. The topological polar surface area (TPSA) is 155 Å². The molecule has 0 amide bonds. The molecule has 11 nitrogen and oxygen atoms in total. The minimum Gasteiger partial charge on any atom is -0.461 e. The first-order valence-corrected chi connectivity index (χ1v) is 8.24. The van der Waals surface area contributed by atoms with Crippen molar-refractivity contribution in [3.05, 3.63) is 0 Å². The van der Waals surface area contributed by atoms with Crippen molar-refractivity contribution in [3.63, 3.8) is 0 Å². The third-order valence-corrected chi connectivity index (χ3v) is 2.88. The van der Waals surface area contributed by atoms with Crippen molar-refractivity contribution >= 4 is 23.9 Å². The maximum Gasteiger partial charge on any atom is 0.347 e. The molecule has 4 atom stereocenters. The van der Waals surface area contributed by atoms with Crippen LogP contribution < -0.4 is 0 Å². The molecule has 0 heterocycles. The normalized spacial score (nSPS) is 15.0. The van der Waals surface area contributed by atoms with Gasteiger partial charge in [0.1, 0.15) is 25.4 Å². The number of aliphatic hydroxyl groups excluding tert-OH is 2. The van der Waals surface area contributed by atoms with Gasteiger partial charge in [0.05, 0.1) is 13.2 Å². The summed E-state index contributed by atoms with van der Waals surface area (Å²) >= 11 is 0. The van der Waals surface area contributed by atoms with E-state index >= 15 is 0 Å². The van der Waals surface area contributed by atoms with Gasteiger partial charge in [-0.25, -0.2) is 19.2 Å². The summed E-state index contributed by atoms with van der Waals surface area (Å²) in [5.74, 6) is -3.47. The second kappa shape index (κ2) is 13.0. The second-order valence-electron chi connectivity index (χ2n) is 5.46. The number of hydrogen-bond donors (Lipinski definition) is 2. The van der Waals surface area contributed by atoms with Crippen LogP contribution in [-0.4, -0.2) is 84.9 Å². The number of rotatable bonds is 12. The molecular weight excluding hydrogens is 368 g/mol. The van der Waals surface area contributed by atoms with E-state index in [1.807, 2.05) is 0 Å². The summed E-state index contributed by atoms with van der Waals surface area (Å²) in [6.07, 6.45) is -5.02. The molecule has 0 aliphatic heterocycles. The SMILES string of the molecule is C[C@@H](O)C(=O)O[C@H](C)C(=O)OCCOCCOC(=O)[C@@H](C)OC(=O)[C@@H](C)O. The molecule has 0 saturated carbocycles. The van der Waals surface area contributed by atoms with Gasteiger partial charge in [0, 0.05) is 0 Å². The molecule has 0 fully saturated rings. The van der Waals surface area contributed by atoms with Crippen molar-refractivity contribution in [3.8, 4) is 0 Å². The predicted molar refractivity (Wildman–Crippen MR) is 87.2 cm³/mol. The number of ether oxygens (including phenoxy) is 5. The Morgan fingerprint density at radius 1 is 0.630 bits per heavy atom. The van der Waals surface area contributed by atoms with E-state index in [0.717, 1.165) is 0 Å². The molecule has 0 rings (SSSR count). The monoisotopic (exact) mass is 394 g/mol. The molecule has 2 N–H and O–H groups in total. The summed E-state index contributed by atoms with van der Waals surface area (Å²) in [6.45, 7) is 4.79. The molecule has 0 saturated heterocycles. The Morgan fingerprint density at radius 2 is 0.963 bits per heavy atom. The summed E-state index contributed by atoms with van der Waals surface area (Å²) in [6, 6.07) is 0. The van der Waals surface area contributed by atoms with Crippen molar-refractivity contribution < 1.29 is 53.1 Å². The van der Waals surface area contributed by atoms with E-state index in [1.54, 1.807) is 0 Å².